The Bertz CT molecular complexity index is 249. The quantitative estimate of drug-likeness (QED) is 0.787. The molecule has 1 aromatic rings. The molecule has 0 bridgehead atoms. The zero-order valence-electron chi connectivity index (χ0n) is 6.98. The highest BCUT2D eigenvalue weighted by atomic mass is 32.2. The first-order valence-electron chi connectivity index (χ1n) is 3.51. The summed E-state index contributed by atoms with van der Waals surface area (Å²) >= 11 is 1.31. The standard InChI is InChI=1S/C6H11N3OS2/c1-5(3-12(2)10)9-6-7-4-8-11-6/h4-5H,3H2,1-2H3,(H,7,8,9). The number of aromatic nitrogens is 2. The van der Waals surface area contributed by atoms with Gasteiger partial charge in [-0.15, -0.1) is 0 Å². The van der Waals surface area contributed by atoms with E-state index < -0.39 is 10.8 Å². The number of rotatable bonds is 4. The molecule has 2 atom stereocenters. The second kappa shape index (κ2) is 4.51. The monoisotopic (exact) mass is 205 g/mol. The summed E-state index contributed by atoms with van der Waals surface area (Å²) in [5.74, 6) is 0.638. The third kappa shape index (κ3) is 3.27. The summed E-state index contributed by atoms with van der Waals surface area (Å²) in [5.41, 5.74) is 0. The summed E-state index contributed by atoms with van der Waals surface area (Å²) < 4.78 is 14.7. The molecule has 1 rings (SSSR count). The van der Waals surface area contributed by atoms with Gasteiger partial charge in [-0.1, -0.05) is 0 Å². The fourth-order valence-electron chi connectivity index (χ4n) is 0.841. The molecule has 68 valence electrons. The second-order valence-electron chi connectivity index (χ2n) is 2.53. The fourth-order valence-corrected chi connectivity index (χ4v) is 2.17. The smallest absolute Gasteiger partial charge is 0.202 e. The summed E-state index contributed by atoms with van der Waals surface area (Å²) in [6.07, 6.45) is 3.20. The van der Waals surface area contributed by atoms with E-state index in [9.17, 15) is 4.21 Å². The lowest BCUT2D eigenvalue weighted by Gasteiger charge is -2.09. The Balaban J connectivity index is 2.36. The Hall–Kier alpha value is -0.490. The van der Waals surface area contributed by atoms with Crippen molar-refractivity contribution in [2.24, 2.45) is 0 Å². The first-order valence-corrected chi connectivity index (χ1v) is 6.02. The molecular formula is C6H11N3OS2. The lowest BCUT2D eigenvalue weighted by Crippen LogP contribution is -2.21. The molecule has 0 aliphatic carbocycles. The number of hydrogen-bond acceptors (Lipinski definition) is 5. The molecule has 0 amide bonds. The minimum atomic E-state index is -0.763. The first-order chi connectivity index (χ1) is 5.68. The molecule has 0 radical (unpaired) electrons. The van der Waals surface area contributed by atoms with Gasteiger partial charge in [0.25, 0.3) is 0 Å². The van der Waals surface area contributed by atoms with Crippen LogP contribution in [-0.2, 0) is 10.8 Å². The van der Waals surface area contributed by atoms with Crippen molar-refractivity contribution >= 4 is 27.5 Å². The van der Waals surface area contributed by atoms with Gasteiger partial charge in [-0.3, -0.25) is 4.21 Å². The van der Waals surface area contributed by atoms with Gasteiger partial charge in [-0.2, -0.15) is 4.37 Å². The summed E-state index contributed by atoms with van der Waals surface area (Å²) in [5, 5.41) is 3.89. The molecular weight excluding hydrogens is 194 g/mol. The van der Waals surface area contributed by atoms with Crippen molar-refractivity contribution in [2.45, 2.75) is 13.0 Å². The predicted octanol–water partition coefficient (Wildman–Crippen LogP) is 0.717. The summed E-state index contributed by atoms with van der Waals surface area (Å²) in [7, 11) is -0.763. The van der Waals surface area contributed by atoms with Crippen LogP contribution in [0.5, 0.6) is 0 Å². The zero-order chi connectivity index (χ0) is 8.97. The van der Waals surface area contributed by atoms with E-state index >= 15 is 0 Å². The van der Waals surface area contributed by atoms with Crippen LogP contribution in [0.15, 0.2) is 6.33 Å². The van der Waals surface area contributed by atoms with Crippen LogP contribution in [0.1, 0.15) is 6.92 Å². The van der Waals surface area contributed by atoms with Crippen molar-refractivity contribution in [1.82, 2.24) is 9.36 Å². The van der Waals surface area contributed by atoms with Gasteiger partial charge in [-0.05, 0) is 6.92 Å². The maximum absolute atomic E-state index is 10.8. The highest BCUT2D eigenvalue weighted by Gasteiger charge is 2.05. The molecule has 0 aliphatic rings. The second-order valence-corrected chi connectivity index (χ2v) is 4.79. The Labute approximate surface area is 78.0 Å². The Morgan fingerprint density at radius 2 is 2.58 bits per heavy atom. The topological polar surface area (TPSA) is 54.9 Å². The van der Waals surface area contributed by atoms with Gasteiger partial charge >= 0.3 is 0 Å². The molecule has 1 N–H and O–H groups in total. The number of nitrogens with zero attached hydrogens (tertiary/aromatic N) is 2. The van der Waals surface area contributed by atoms with Crippen LogP contribution in [0.25, 0.3) is 0 Å². The van der Waals surface area contributed by atoms with Crippen LogP contribution >= 0.6 is 11.5 Å². The minimum absolute atomic E-state index is 0.184. The average Bonchev–Trinajstić information content (AvgIpc) is 2.37. The van der Waals surface area contributed by atoms with E-state index in [2.05, 4.69) is 14.7 Å². The van der Waals surface area contributed by atoms with E-state index in [1.807, 2.05) is 6.92 Å². The van der Waals surface area contributed by atoms with E-state index in [-0.39, 0.29) is 6.04 Å². The van der Waals surface area contributed by atoms with Crippen LogP contribution in [0.4, 0.5) is 5.13 Å². The SMILES string of the molecule is CC(CS(C)=O)Nc1ncns1. The number of hydrogen-bond donors (Lipinski definition) is 1. The molecule has 0 saturated heterocycles. The zero-order valence-corrected chi connectivity index (χ0v) is 8.61. The molecule has 0 aromatic carbocycles. The van der Waals surface area contributed by atoms with Crippen molar-refractivity contribution in [3.63, 3.8) is 0 Å². The summed E-state index contributed by atoms with van der Waals surface area (Å²) in [6, 6.07) is 0.184. The Kier molecular flexibility index (Phi) is 3.61. The van der Waals surface area contributed by atoms with Crippen molar-refractivity contribution in [3.05, 3.63) is 6.33 Å². The van der Waals surface area contributed by atoms with Crippen molar-refractivity contribution < 1.29 is 4.21 Å². The molecule has 6 heteroatoms. The van der Waals surface area contributed by atoms with Gasteiger partial charge in [0.1, 0.15) is 6.33 Å². The van der Waals surface area contributed by atoms with Crippen LogP contribution in [0.2, 0.25) is 0 Å². The molecule has 0 fully saturated rings. The molecule has 0 aliphatic heterocycles. The van der Waals surface area contributed by atoms with E-state index in [1.54, 1.807) is 6.26 Å². The molecule has 2 unspecified atom stereocenters. The average molecular weight is 205 g/mol. The van der Waals surface area contributed by atoms with Crippen molar-refractivity contribution in [1.29, 1.82) is 0 Å². The molecule has 1 aromatic heterocycles. The molecule has 0 saturated carbocycles. The largest absolute Gasteiger partial charge is 0.357 e. The molecule has 1 heterocycles. The Morgan fingerprint density at radius 3 is 3.08 bits per heavy atom. The van der Waals surface area contributed by atoms with Crippen molar-refractivity contribution in [3.8, 4) is 0 Å². The summed E-state index contributed by atoms with van der Waals surface area (Å²) in [4.78, 5) is 3.96. The number of nitrogens with one attached hydrogen (secondary N) is 1. The van der Waals surface area contributed by atoms with E-state index in [0.29, 0.717) is 5.75 Å². The molecule has 0 spiro atoms. The van der Waals surface area contributed by atoms with Gasteiger partial charge in [0.05, 0.1) is 0 Å². The van der Waals surface area contributed by atoms with Crippen LogP contribution < -0.4 is 5.32 Å². The molecule has 4 nitrogen and oxygen atoms in total. The first kappa shape index (κ1) is 9.60. The van der Waals surface area contributed by atoms with Crippen LogP contribution in [-0.4, -0.2) is 31.6 Å². The maximum atomic E-state index is 10.8. The van der Waals surface area contributed by atoms with Crippen LogP contribution in [0.3, 0.4) is 0 Å². The van der Waals surface area contributed by atoms with Crippen molar-refractivity contribution in [2.75, 3.05) is 17.3 Å². The van der Waals surface area contributed by atoms with Gasteiger partial charge in [-0.25, -0.2) is 4.98 Å². The van der Waals surface area contributed by atoms with E-state index in [0.717, 1.165) is 5.13 Å². The van der Waals surface area contributed by atoms with Gasteiger partial charge in [0, 0.05) is 40.4 Å². The van der Waals surface area contributed by atoms with Crippen LogP contribution in [0, 0.1) is 0 Å². The third-order valence-electron chi connectivity index (χ3n) is 1.22. The minimum Gasteiger partial charge on any atom is -0.357 e. The van der Waals surface area contributed by atoms with Gasteiger partial charge < -0.3 is 5.32 Å². The van der Waals surface area contributed by atoms with Gasteiger partial charge in [0.2, 0.25) is 5.13 Å². The predicted molar refractivity (Wildman–Crippen MR) is 51.9 cm³/mol. The Morgan fingerprint density at radius 1 is 1.83 bits per heavy atom. The lowest BCUT2D eigenvalue weighted by molar-refractivity contribution is 0.683. The fraction of sp³-hybridized carbons (Fsp3) is 0.667. The molecule has 12 heavy (non-hydrogen) atoms. The third-order valence-corrected chi connectivity index (χ3v) is 2.78. The lowest BCUT2D eigenvalue weighted by atomic mass is 10.4. The van der Waals surface area contributed by atoms with E-state index in [4.69, 9.17) is 0 Å². The highest BCUT2D eigenvalue weighted by Crippen LogP contribution is 2.08. The van der Waals surface area contributed by atoms with Gasteiger partial charge in [0.15, 0.2) is 0 Å². The highest BCUT2D eigenvalue weighted by molar-refractivity contribution is 7.84. The van der Waals surface area contributed by atoms with E-state index in [1.165, 1.54) is 17.9 Å². The summed E-state index contributed by atoms with van der Waals surface area (Å²) in [6.45, 7) is 1.98. The number of anilines is 1. The maximum Gasteiger partial charge on any atom is 0.202 e. The normalized spacial score (nSPS) is 15.5.